The van der Waals surface area contributed by atoms with Crippen LogP contribution in [0.15, 0.2) is 61.7 Å². The average Bonchev–Trinajstić information content (AvgIpc) is 2.75. The molecule has 0 radical (unpaired) electrons. The van der Waals surface area contributed by atoms with E-state index in [1.54, 1.807) is 30.4 Å². The first-order valence-electron chi connectivity index (χ1n) is 10.1. The summed E-state index contributed by atoms with van der Waals surface area (Å²) in [7, 11) is 1.50. The van der Waals surface area contributed by atoms with Crippen molar-refractivity contribution in [1.29, 1.82) is 0 Å². The molecular weight excluding hydrogens is 396 g/mol. The number of allylic oxidation sites excluding steroid dienone is 2. The summed E-state index contributed by atoms with van der Waals surface area (Å²) in [5, 5.41) is 0. The normalized spacial score (nSPS) is 10.1. The number of methoxy groups -OCH3 is 1. The molecule has 0 fully saturated rings. The molecule has 6 heteroatoms. The summed E-state index contributed by atoms with van der Waals surface area (Å²) in [6.45, 7) is 9.69. The molecule has 2 aromatic carbocycles. The van der Waals surface area contributed by atoms with E-state index in [0.29, 0.717) is 42.4 Å². The van der Waals surface area contributed by atoms with Crippen LogP contribution in [0.3, 0.4) is 0 Å². The van der Waals surface area contributed by atoms with Crippen LogP contribution in [-0.2, 0) is 22.4 Å². The fourth-order valence-electron chi connectivity index (χ4n) is 2.84. The third-order valence-corrected chi connectivity index (χ3v) is 4.28. The highest BCUT2D eigenvalue weighted by Crippen LogP contribution is 2.30. The van der Waals surface area contributed by atoms with E-state index in [9.17, 15) is 9.59 Å². The van der Waals surface area contributed by atoms with Crippen LogP contribution in [0.4, 0.5) is 0 Å². The Bertz CT molecular complexity index is 932. The molecule has 164 valence electrons. The Morgan fingerprint density at radius 3 is 1.74 bits per heavy atom. The summed E-state index contributed by atoms with van der Waals surface area (Å²) in [4.78, 5) is 24.4. The van der Waals surface area contributed by atoms with Crippen molar-refractivity contribution in [3.63, 3.8) is 0 Å². The predicted molar refractivity (Wildman–Crippen MR) is 119 cm³/mol. The summed E-state index contributed by atoms with van der Waals surface area (Å²) in [6.07, 6.45) is 4.65. The van der Waals surface area contributed by atoms with E-state index < -0.39 is 11.9 Å². The van der Waals surface area contributed by atoms with Gasteiger partial charge in [-0.15, -0.1) is 13.2 Å². The van der Waals surface area contributed by atoms with Crippen LogP contribution < -0.4 is 18.9 Å². The molecule has 6 nitrogen and oxygen atoms in total. The molecule has 0 heterocycles. The molecule has 0 saturated carbocycles. The van der Waals surface area contributed by atoms with Crippen molar-refractivity contribution < 1.29 is 28.5 Å². The molecule has 0 atom stereocenters. The van der Waals surface area contributed by atoms with E-state index >= 15 is 0 Å². The Balaban J connectivity index is 1.95. The fraction of sp³-hybridized carbons (Fsp3) is 0.280. The number of rotatable bonds is 12. The van der Waals surface area contributed by atoms with Gasteiger partial charge in [0.05, 0.1) is 26.6 Å². The van der Waals surface area contributed by atoms with E-state index in [4.69, 9.17) is 18.9 Å². The van der Waals surface area contributed by atoms with Gasteiger partial charge in [-0.1, -0.05) is 24.3 Å². The molecule has 0 aliphatic carbocycles. The SMILES string of the molecule is C=CCc1ccc(OC(=O)CCC(=O)Oc2ccc(CC=C)cc2OCC)c(OC)c1. The first kappa shape index (κ1) is 23.7. The topological polar surface area (TPSA) is 71.1 Å². The van der Waals surface area contributed by atoms with Gasteiger partial charge < -0.3 is 18.9 Å². The number of ether oxygens (including phenoxy) is 4. The molecule has 0 N–H and O–H groups in total. The van der Waals surface area contributed by atoms with Crippen molar-refractivity contribution in [1.82, 2.24) is 0 Å². The number of esters is 2. The summed E-state index contributed by atoms with van der Waals surface area (Å²) >= 11 is 0. The molecule has 0 spiro atoms. The minimum atomic E-state index is -0.557. The molecule has 0 bridgehead atoms. The third-order valence-electron chi connectivity index (χ3n) is 4.28. The van der Waals surface area contributed by atoms with Crippen LogP contribution >= 0.6 is 0 Å². The minimum absolute atomic E-state index is 0.129. The average molecular weight is 424 g/mol. The summed E-state index contributed by atoms with van der Waals surface area (Å²) in [5.41, 5.74) is 1.98. The van der Waals surface area contributed by atoms with Crippen molar-refractivity contribution in [3.05, 3.63) is 72.8 Å². The second-order valence-electron chi connectivity index (χ2n) is 6.63. The number of hydrogen-bond acceptors (Lipinski definition) is 6. The predicted octanol–water partition coefficient (Wildman–Crippen LogP) is 4.84. The number of carbonyl (C=O) groups is 2. The Morgan fingerprint density at radius 2 is 1.29 bits per heavy atom. The van der Waals surface area contributed by atoms with Crippen LogP contribution in [0.25, 0.3) is 0 Å². The molecule has 31 heavy (non-hydrogen) atoms. The van der Waals surface area contributed by atoms with E-state index in [1.165, 1.54) is 7.11 Å². The first-order valence-corrected chi connectivity index (χ1v) is 10.1. The zero-order valence-electron chi connectivity index (χ0n) is 18.0. The smallest absolute Gasteiger partial charge is 0.311 e. The number of benzene rings is 2. The van der Waals surface area contributed by atoms with Gasteiger partial charge >= 0.3 is 11.9 Å². The van der Waals surface area contributed by atoms with Gasteiger partial charge in [0.25, 0.3) is 0 Å². The highest BCUT2D eigenvalue weighted by atomic mass is 16.6. The van der Waals surface area contributed by atoms with Crippen molar-refractivity contribution in [2.24, 2.45) is 0 Å². The van der Waals surface area contributed by atoms with Crippen LogP contribution in [0.1, 0.15) is 30.9 Å². The van der Waals surface area contributed by atoms with Crippen LogP contribution in [0.5, 0.6) is 23.0 Å². The van der Waals surface area contributed by atoms with Crippen LogP contribution in [0, 0.1) is 0 Å². The van der Waals surface area contributed by atoms with E-state index in [0.717, 1.165) is 11.1 Å². The first-order chi connectivity index (χ1) is 15.0. The molecule has 0 saturated heterocycles. The zero-order valence-corrected chi connectivity index (χ0v) is 18.0. The Kier molecular flexibility index (Phi) is 9.36. The van der Waals surface area contributed by atoms with Gasteiger partial charge in [0.1, 0.15) is 0 Å². The zero-order chi connectivity index (χ0) is 22.6. The van der Waals surface area contributed by atoms with Crippen LogP contribution in [-0.4, -0.2) is 25.7 Å². The maximum Gasteiger partial charge on any atom is 0.311 e. The summed E-state index contributed by atoms with van der Waals surface area (Å²) in [6, 6.07) is 10.6. The molecular formula is C25H28O6. The van der Waals surface area contributed by atoms with Crippen LogP contribution in [0.2, 0.25) is 0 Å². The maximum atomic E-state index is 12.2. The lowest BCUT2D eigenvalue weighted by atomic mass is 10.1. The molecule has 2 rings (SSSR count). The second-order valence-corrected chi connectivity index (χ2v) is 6.63. The number of carbonyl (C=O) groups excluding carboxylic acids is 2. The monoisotopic (exact) mass is 424 g/mol. The Morgan fingerprint density at radius 1 is 0.806 bits per heavy atom. The molecule has 2 aromatic rings. The Hall–Kier alpha value is -3.54. The standard InChI is InChI=1S/C25H28O6/c1-5-8-18-10-12-20(22(16-18)28-4)30-24(26)14-15-25(27)31-21-13-11-19(9-6-2)17-23(21)29-7-3/h5-6,10-13,16-17H,1-2,7-9,14-15H2,3-4H3. The lowest BCUT2D eigenvalue weighted by Crippen LogP contribution is -2.15. The fourth-order valence-corrected chi connectivity index (χ4v) is 2.84. The highest BCUT2D eigenvalue weighted by Gasteiger charge is 2.16. The lowest BCUT2D eigenvalue weighted by Gasteiger charge is -2.12. The summed E-state index contributed by atoms with van der Waals surface area (Å²) in [5.74, 6) is 0.414. The van der Waals surface area contributed by atoms with Gasteiger partial charge in [0, 0.05) is 0 Å². The third kappa shape index (κ3) is 7.33. The lowest BCUT2D eigenvalue weighted by molar-refractivity contribution is -0.140. The van der Waals surface area contributed by atoms with E-state index in [2.05, 4.69) is 13.2 Å². The van der Waals surface area contributed by atoms with Crippen molar-refractivity contribution >= 4 is 11.9 Å². The van der Waals surface area contributed by atoms with Gasteiger partial charge in [0.15, 0.2) is 23.0 Å². The highest BCUT2D eigenvalue weighted by molar-refractivity contribution is 5.80. The molecule has 0 aliphatic heterocycles. The van der Waals surface area contributed by atoms with Gasteiger partial charge in [-0.05, 0) is 55.2 Å². The van der Waals surface area contributed by atoms with Gasteiger partial charge in [-0.3, -0.25) is 9.59 Å². The second kappa shape index (κ2) is 12.2. The molecule has 0 aromatic heterocycles. The minimum Gasteiger partial charge on any atom is -0.493 e. The van der Waals surface area contributed by atoms with Gasteiger partial charge in [0.2, 0.25) is 0 Å². The van der Waals surface area contributed by atoms with E-state index in [-0.39, 0.29) is 12.8 Å². The maximum absolute atomic E-state index is 12.2. The molecule has 0 aliphatic rings. The van der Waals surface area contributed by atoms with Crippen molar-refractivity contribution in [2.45, 2.75) is 32.6 Å². The van der Waals surface area contributed by atoms with Gasteiger partial charge in [-0.25, -0.2) is 0 Å². The van der Waals surface area contributed by atoms with E-state index in [1.807, 2.05) is 25.1 Å². The number of hydrogen-bond donors (Lipinski definition) is 0. The summed E-state index contributed by atoms with van der Waals surface area (Å²) < 4.78 is 21.6. The van der Waals surface area contributed by atoms with Crippen molar-refractivity contribution in [3.8, 4) is 23.0 Å². The van der Waals surface area contributed by atoms with Gasteiger partial charge in [-0.2, -0.15) is 0 Å². The molecule has 0 amide bonds. The Labute approximate surface area is 183 Å². The molecule has 0 unspecified atom stereocenters. The van der Waals surface area contributed by atoms with Crippen molar-refractivity contribution in [2.75, 3.05) is 13.7 Å². The largest absolute Gasteiger partial charge is 0.493 e. The quantitative estimate of drug-likeness (QED) is 0.276.